The maximum absolute atomic E-state index is 5.40. The SMILES string of the molecule is COc1cccc(CNCc2cncn2C)c1OC. The maximum Gasteiger partial charge on any atom is 0.165 e. The van der Waals surface area contributed by atoms with E-state index in [1.165, 1.54) is 0 Å². The summed E-state index contributed by atoms with van der Waals surface area (Å²) in [6, 6.07) is 5.88. The van der Waals surface area contributed by atoms with Crippen molar-refractivity contribution in [2.45, 2.75) is 13.1 Å². The maximum atomic E-state index is 5.40. The van der Waals surface area contributed by atoms with Crippen LogP contribution in [0.3, 0.4) is 0 Å². The summed E-state index contributed by atoms with van der Waals surface area (Å²) in [5.74, 6) is 1.53. The van der Waals surface area contributed by atoms with Crippen molar-refractivity contribution in [3.8, 4) is 11.5 Å². The van der Waals surface area contributed by atoms with E-state index in [0.717, 1.165) is 29.3 Å². The molecule has 2 rings (SSSR count). The molecule has 0 amide bonds. The molecule has 0 aliphatic rings. The summed E-state index contributed by atoms with van der Waals surface area (Å²) in [4.78, 5) is 4.09. The van der Waals surface area contributed by atoms with Crippen LogP contribution in [0.1, 0.15) is 11.3 Å². The van der Waals surface area contributed by atoms with Gasteiger partial charge in [0, 0.05) is 31.9 Å². The van der Waals surface area contributed by atoms with Crippen molar-refractivity contribution in [1.29, 1.82) is 0 Å². The summed E-state index contributed by atoms with van der Waals surface area (Å²) < 4.78 is 12.7. The van der Waals surface area contributed by atoms with E-state index in [4.69, 9.17) is 9.47 Å². The number of nitrogens with one attached hydrogen (secondary N) is 1. The molecule has 102 valence electrons. The molecule has 0 bridgehead atoms. The highest BCUT2D eigenvalue weighted by Crippen LogP contribution is 2.30. The van der Waals surface area contributed by atoms with Crippen LogP contribution in [0.4, 0.5) is 0 Å². The summed E-state index contributed by atoms with van der Waals surface area (Å²) in [5, 5.41) is 3.37. The summed E-state index contributed by atoms with van der Waals surface area (Å²) in [5.41, 5.74) is 2.21. The van der Waals surface area contributed by atoms with Crippen LogP contribution >= 0.6 is 0 Å². The normalized spacial score (nSPS) is 10.5. The molecule has 0 aliphatic carbocycles. The van der Waals surface area contributed by atoms with E-state index in [0.29, 0.717) is 6.54 Å². The van der Waals surface area contributed by atoms with Gasteiger partial charge in [-0.25, -0.2) is 4.98 Å². The Hall–Kier alpha value is -2.01. The van der Waals surface area contributed by atoms with Crippen LogP contribution in [0.5, 0.6) is 11.5 Å². The molecule has 2 aromatic rings. The van der Waals surface area contributed by atoms with Crippen LogP contribution in [0.2, 0.25) is 0 Å². The first kappa shape index (κ1) is 13.4. The minimum Gasteiger partial charge on any atom is -0.493 e. The van der Waals surface area contributed by atoms with Gasteiger partial charge in [-0.05, 0) is 6.07 Å². The highest BCUT2D eigenvalue weighted by atomic mass is 16.5. The summed E-state index contributed by atoms with van der Waals surface area (Å²) in [6.45, 7) is 1.47. The Morgan fingerprint density at radius 3 is 2.68 bits per heavy atom. The Kier molecular flexibility index (Phi) is 4.41. The lowest BCUT2D eigenvalue weighted by atomic mass is 10.2. The molecule has 0 aliphatic heterocycles. The smallest absolute Gasteiger partial charge is 0.165 e. The lowest BCUT2D eigenvalue weighted by molar-refractivity contribution is 0.350. The predicted octanol–water partition coefficient (Wildman–Crippen LogP) is 1.73. The fourth-order valence-electron chi connectivity index (χ4n) is 1.97. The molecule has 0 fully saturated rings. The zero-order valence-corrected chi connectivity index (χ0v) is 11.5. The molecule has 1 aromatic heterocycles. The summed E-state index contributed by atoms with van der Waals surface area (Å²) in [7, 11) is 5.28. The average molecular weight is 261 g/mol. The Bertz CT molecular complexity index is 537. The van der Waals surface area contributed by atoms with Gasteiger partial charge in [-0.1, -0.05) is 12.1 Å². The van der Waals surface area contributed by atoms with E-state index in [2.05, 4.69) is 10.3 Å². The van der Waals surface area contributed by atoms with E-state index in [9.17, 15) is 0 Å². The molecule has 0 atom stereocenters. The highest BCUT2D eigenvalue weighted by molar-refractivity contribution is 5.46. The van der Waals surface area contributed by atoms with Gasteiger partial charge < -0.3 is 19.4 Å². The number of hydrogen-bond acceptors (Lipinski definition) is 4. The van der Waals surface area contributed by atoms with Gasteiger partial charge in [0.05, 0.1) is 26.2 Å². The van der Waals surface area contributed by atoms with E-state index >= 15 is 0 Å². The van der Waals surface area contributed by atoms with Crippen LogP contribution in [-0.4, -0.2) is 23.8 Å². The second kappa shape index (κ2) is 6.24. The number of imidazole rings is 1. The highest BCUT2D eigenvalue weighted by Gasteiger charge is 2.09. The number of hydrogen-bond donors (Lipinski definition) is 1. The number of para-hydroxylation sites is 1. The van der Waals surface area contributed by atoms with Crippen LogP contribution in [0, 0.1) is 0 Å². The fraction of sp³-hybridized carbons (Fsp3) is 0.357. The fourth-order valence-corrected chi connectivity index (χ4v) is 1.97. The number of rotatable bonds is 6. The number of benzene rings is 1. The number of ether oxygens (including phenoxy) is 2. The molecule has 1 aromatic carbocycles. The molecule has 0 saturated heterocycles. The first-order valence-corrected chi connectivity index (χ1v) is 6.12. The molecule has 0 spiro atoms. The zero-order chi connectivity index (χ0) is 13.7. The van der Waals surface area contributed by atoms with Crippen molar-refractivity contribution in [1.82, 2.24) is 14.9 Å². The van der Waals surface area contributed by atoms with Crippen molar-refractivity contribution < 1.29 is 9.47 Å². The van der Waals surface area contributed by atoms with Crippen molar-refractivity contribution in [3.63, 3.8) is 0 Å². The van der Waals surface area contributed by atoms with E-state index in [-0.39, 0.29) is 0 Å². The molecule has 0 unspecified atom stereocenters. The lowest BCUT2D eigenvalue weighted by Crippen LogP contribution is -2.15. The monoisotopic (exact) mass is 261 g/mol. The second-order valence-electron chi connectivity index (χ2n) is 4.25. The van der Waals surface area contributed by atoms with Crippen molar-refractivity contribution in [2.75, 3.05) is 14.2 Å². The Labute approximate surface area is 113 Å². The third-order valence-electron chi connectivity index (χ3n) is 3.02. The van der Waals surface area contributed by atoms with E-state index < -0.39 is 0 Å². The van der Waals surface area contributed by atoms with Crippen molar-refractivity contribution in [3.05, 3.63) is 42.0 Å². The molecule has 19 heavy (non-hydrogen) atoms. The molecule has 1 heterocycles. The lowest BCUT2D eigenvalue weighted by Gasteiger charge is -2.13. The number of methoxy groups -OCH3 is 2. The molecular formula is C14H19N3O2. The average Bonchev–Trinajstić information content (AvgIpc) is 2.84. The first-order valence-electron chi connectivity index (χ1n) is 6.12. The molecule has 5 heteroatoms. The van der Waals surface area contributed by atoms with Crippen LogP contribution in [0.15, 0.2) is 30.7 Å². The minimum atomic E-state index is 0.714. The quantitative estimate of drug-likeness (QED) is 0.860. The predicted molar refractivity (Wildman–Crippen MR) is 73.3 cm³/mol. The van der Waals surface area contributed by atoms with Gasteiger partial charge in [0.15, 0.2) is 11.5 Å². The summed E-state index contributed by atoms with van der Waals surface area (Å²) >= 11 is 0. The number of nitrogens with zero attached hydrogens (tertiary/aromatic N) is 2. The third kappa shape index (κ3) is 3.06. The van der Waals surface area contributed by atoms with Gasteiger partial charge >= 0.3 is 0 Å². The number of aryl methyl sites for hydroxylation is 1. The van der Waals surface area contributed by atoms with Gasteiger partial charge in [-0.3, -0.25) is 0 Å². The Morgan fingerprint density at radius 1 is 1.21 bits per heavy atom. The standard InChI is InChI=1S/C14H19N3O2/c1-17-10-16-9-12(17)8-15-7-11-5-4-6-13(18-2)14(11)19-3/h4-6,9-10,15H,7-8H2,1-3H3. The number of aromatic nitrogens is 2. The van der Waals surface area contributed by atoms with Gasteiger partial charge in [0.2, 0.25) is 0 Å². The van der Waals surface area contributed by atoms with Crippen LogP contribution < -0.4 is 14.8 Å². The van der Waals surface area contributed by atoms with Crippen LogP contribution in [-0.2, 0) is 20.1 Å². The van der Waals surface area contributed by atoms with Crippen LogP contribution in [0.25, 0.3) is 0 Å². The summed E-state index contributed by atoms with van der Waals surface area (Å²) in [6.07, 6.45) is 3.65. The minimum absolute atomic E-state index is 0.714. The third-order valence-corrected chi connectivity index (χ3v) is 3.02. The first-order chi connectivity index (χ1) is 9.26. The molecule has 5 nitrogen and oxygen atoms in total. The molecule has 0 saturated carbocycles. The molecule has 1 N–H and O–H groups in total. The van der Waals surface area contributed by atoms with E-state index in [1.54, 1.807) is 20.5 Å². The van der Waals surface area contributed by atoms with Gasteiger partial charge in [0.25, 0.3) is 0 Å². The van der Waals surface area contributed by atoms with Crippen molar-refractivity contribution >= 4 is 0 Å². The van der Waals surface area contributed by atoms with Gasteiger partial charge in [-0.15, -0.1) is 0 Å². The molecular weight excluding hydrogens is 242 g/mol. The molecule has 0 radical (unpaired) electrons. The Morgan fingerprint density at radius 2 is 2.05 bits per heavy atom. The van der Waals surface area contributed by atoms with Crippen molar-refractivity contribution in [2.24, 2.45) is 7.05 Å². The largest absolute Gasteiger partial charge is 0.493 e. The van der Waals surface area contributed by atoms with Gasteiger partial charge in [0.1, 0.15) is 0 Å². The van der Waals surface area contributed by atoms with E-state index in [1.807, 2.05) is 36.0 Å². The van der Waals surface area contributed by atoms with Gasteiger partial charge in [-0.2, -0.15) is 0 Å². The topological polar surface area (TPSA) is 48.3 Å². The zero-order valence-electron chi connectivity index (χ0n) is 11.5. The Balaban J connectivity index is 2.01. The second-order valence-corrected chi connectivity index (χ2v) is 4.25.